The van der Waals surface area contributed by atoms with Gasteiger partial charge in [0.1, 0.15) is 17.1 Å². The molecule has 29 heavy (non-hydrogen) atoms. The Balaban J connectivity index is 1.34. The fraction of sp³-hybridized carbons (Fsp3) is 0.292. The van der Waals surface area contributed by atoms with Gasteiger partial charge in [0.2, 0.25) is 0 Å². The lowest BCUT2D eigenvalue weighted by Crippen LogP contribution is -2.46. The van der Waals surface area contributed by atoms with Crippen LogP contribution in [0.25, 0.3) is 22.3 Å². The second-order valence-electron chi connectivity index (χ2n) is 8.30. The second kappa shape index (κ2) is 6.49. The van der Waals surface area contributed by atoms with Crippen LogP contribution in [0.3, 0.4) is 0 Å². The molecular weight excluding hydrogens is 364 g/mol. The normalized spacial score (nSPS) is 21.4. The average molecular weight is 386 g/mol. The number of pyridine rings is 1. The van der Waals surface area contributed by atoms with Gasteiger partial charge in [0.25, 0.3) is 5.56 Å². The zero-order valence-corrected chi connectivity index (χ0v) is 16.1. The summed E-state index contributed by atoms with van der Waals surface area (Å²) in [6.45, 7) is 3.49. The molecule has 146 valence electrons. The van der Waals surface area contributed by atoms with Crippen LogP contribution < -0.4 is 5.56 Å². The summed E-state index contributed by atoms with van der Waals surface area (Å²) in [6, 6.07) is 17.8. The van der Waals surface area contributed by atoms with E-state index in [9.17, 15) is 4.79 Å². The van der Waals surface area contributed by atoms with Crippen molar-refractivity contribution in [3.8, 4) is 11.3 Å². The number of aromatic nitrogens is 1. The molecule has 0 radical (unpaired) electrons. The molecule has 0 saturated carbocycles. The third kappa shape index (κ3) is 2.85. The molecule has 0 spiro atoms. The number of benzene rings is 1. The lowest BCUT2D eigenvalue weighted by Gasteiger charge is -2.43. The molecule has 0 N–H and O–H groups in total. The van der Waals surface area contributed by atoms with Crippen molar-refractivity contribution in [3.05, 3.63) is 82.7 Å². The van der Waals surface area contributed by atoms with Crippen LogP contribution in [0.5, 0.6) is 0 Å². The Hall–Kier alpha value is -3.05. The van der Waals surface area contributed by atoms with Gasteiger partial charge in [-0.3, -0.25) is 9.69 Å². The predicted molar refractivity (Wildman–Crippen MR) is 111 cm³/mol. The number of piperidine rings is 1. The Morgan fingerprint density at radius 3 is 2.79 bits per heavy atom. The zero-order chi connectivity index (χ0) is 19.4. The first-order valence-electron chi connectivity index (χ1n) is 10.2. The van der Waals surface area contributed by atoms with Gasteiger partial charge < -0.3 is 13.4 Å². The van der Waals surface area contributed by atoms with Crippen LogP contribution in [0.1, 0.15) is 23.8 Å². The molecule has 5 nitrogen and oxygen atoms in total. The van der Waals surface area contributed by atoms with Crippen LogP contribution in [0.15, 0.2) is 74.5 Å². The van der Waals surface area contributed by atoms with E-state index in [2.05, 4.69) is 17.0 Å². The number of nitrogens with zero attached hydrogens (tertiary/aromatic N) is 2. The summed E-state index contributed by atoms with van der Waals surface area (Å²) in [5.41, 5.74) is 3.20. The molecule has 3 aromatic heterocycles. The molecule has 4 aromatic rings. The maximum absolute atomic E-state index is 12.6. The first kappa shape index (κ1) is 16.9. The second-order valence-corrected chi connectivity index (χ2v) is 8.30. The molecule has 0 unspecified atom stereocenters. The third-order valence-electron chi connectivity index (χ3n) is 6.31. The van der Waals surface area contributed by atoms with Gasteiger partial charge in [-0.15, -0.1) is 0 Å². The van der Waals surface area contributed by atoms with E-state index < -0.39 is 0 Å². The van der Waals surface area contributed by atoms with E-state index >= 15 is 0 Å². The SMILES string of the molecule is O=c1ccc(-c2ccco2)c2n1C[C@H]1C[C@@H]2CN(Cc2cc3ccccc3o2)C1. The third-order valence-corrected chi connectivity index (χ3v) is 6.31. The van der Waals surface area contributed by atoms with Crippen molar-refractivity contribution in [3.63, 3.8) is 0 Å². The molecule has 5 heterocycles. The molecule has 1 aromatic carbocycles. The molecule has 5 heteroatoms. The van der Waals surface area contributed by atoms with Gasteiger partial charge in [-0.25, -0.2) is 0 Å². The first-order valence-corrected chi connectivity index (χ1v) is 10.2. The Kier molecular flexibility index (Phi) is 3.78. The van der Waals surface area contributed by atoms with Gasteiger partial charge in [0, 0.05) is 48.3 Å². The van der Waals surface area contributed by atoms with E-state index in [0.29, 0.717) is 11.8 Å². The van der Waals surface area contributed by atoms with Crippen molar-refractivity contribution >= 4 is 11.0 Å². The predicted octanol–water partition coefficient (Wildman–Crippen LogP) is 4.47. The van der Waals surface area contributed by atoms with Crippen molar-refractivity contribution in [1.82, 2.24) is 9.47 Å². The van der Waals surface area contributed by atoms with E-state index in [-0.39, 0.29) is 5.56 Å². The van der Waals surface area contributed by atoms with Crippen LogP contribution in [-0.2, 0) is 13.1 Å². The van der Waals surface area contributed by atoms with Gasteiger partial charge in [0.05, 0.1) is 12.8 Å². The highest BCUT2D eigenvalue weighted by atomic mass is 16.3. The fourth-order valence-electron chi connectivity index (χ4n) is 5.22. The maximum atomic E-state index is 12.6. The van der Waals surface area contributed by atoms with Crippen LogP contribution in [0.4, 0.5) is 0 Å². The number of likely N-dealkylation sites (tertiary alicyclic amines) is 1. The molecular formula is C24H22N2O3. The number of hydrogen-bond acceptors (Lipinski definition) is 4. The highest BCUT2D eigenvalue weighted by Gasteiger charge is 2.36. The average Bonchev–Trinajstić information content (AvgIpc) is 3.38. The van der Waals surface area contributed by atoms with E-state index in [0.717, 1.165) is 66.3 Å². The van der Waals surface area contributed by atoms with E-state index in [1.165, 1.54) is 0 Å². The van der Waals surface area contributed by atoms with Crippen LogP contribution in [0.2, 0.25) is 0 Å². The van der Waals surface area contributed by atoms with E-state index in [1.807, 2.05) is 41.0 Å². The van der Waals surface area contributed by atoms with Crippen molar-refractivity contribution in [2.24, 2.45) is 5.92 Å². The largest absolute Gasteiger partial charge is 0.464 e. The topological polar surface area (TPSA) is 51.5 Å². The Morgan fingerprint density at radius 1 is 1.00 bits per heavy atom. The Labute approximate surface area is 168 Å². The molecule has 1 fully saturated rings. The van der Waals surface area contributed by atoms with Crippen LogP contribution in [-0.4, -0.2) is 22.6 Å². The van der Waals surface area contributed by atoms with Gasteiger partial charge in [-0.2, -0.15) is 0 Å². The van der Waals surface area contributed by atoms with Crippen LogP contribution >= 0.6 is 0 Å². The number of furan rings is 2. The molecule has 2 atom stereocenters. The van der Waals surface area contributed by atoms with Gasteiger partial charge in [-0.05, 0) is 42.7 Å². The Bertz CT molecular complexity index is 1200. The van der Waals surface area contributed by atoms with Crippen molar-refractivity contribution < 1.29 is 8.83 Å². The first-order chi connectivity index (χ1) is 14.2. The maximum Gasteiger partial charge on any atom is 0.250 e. The summed E-state index contributed by atoms with van der Waals surface area (Å²) in [5, 5.41) is 1.15. The lowest BCUT2D eigenvalue weighted by atomic mass is 9.81. The zero-order valence-electron chi connectivity index (χ0n) is 16.1. The van der Waals surface area contributed by atoms with Gasteiger partial charge in [0.15, 0.2) is 0 Å². The van der Waals surface area contributed by atoms with Gasteiger partial charge >= 0.3 is 0 Å². The minimum atomic E-state index is 0.0933. The fourth-order valence-corrected chi connectivity index (χ4v) is 5.22. The van der Waals surface area contributed by atoms with Gasteiger partial charge in [-0.1, -0.05) is 18.2 Å². The lowest BCUT2D eigenvalue weighted by molar-refractivity contribution is 0.108. The standard InChI is InChI=1S/C24H22N2O3/c27-23-8-7-20(22-6-3-9-28-22)24-18-10-16(13-26(23)24)12-25(14-18)15-19-11-17-4-1-2-5-21(17)29-19/h1-9,11,16,18H,10,12-15H2/t16-,18+/m0/s1. The highest BCUT2D eigenvalue weighted by molar-refractivity contribution is 5.77. The molecule has 2 bridgehead atoms. The Morgan fingerprint density at radius 2 is 1.93 bits per heavy atom. The van der Waals surface area contributed by atoms with Crippen molar-refractivity contribution in [2.75, 3.05) is 13.1 Å². The van der Waals surface area contributed by atoms with E-state index in [1.54, 1.807) is 12.3 Å². The molecule has 0 amide bonds. The summed E-state index contributed by atoms with van der Waals surface area (Å²) in [6.07, 6.45) is 2.81. The van der Waals surface area contributed by atoms with Crippen molar-refractivity contribution in [2.45, 2.75) is 25.4 Å². The minimum absolute atomic E-state index is 0.0933. The van der Waals surface area contributed by atoms with Crippen LogP contribution in [0, 0.1) is 5.92 Å². The summed E-state index contributed by atoms with van der Waals surface area (Å²) < 4.78 is 13.7. The molecule has 6 rings (SSSR count). The quantitative estimate of drug-likeness (QED) is 0.521. The molecule has 0 aliphatic carbocycles. The highest BCUT2D eigenvalue weighted by Crippen LogP contribution is 2.40. The summed E-state index contributed by atoms with van der Waals surface area (Å²) in [7, 11) is 0. The number of fused-ring (bicyclic) bond motifs is 5. The molecule has 2 aliphatic heterocycles. The minimum Gasteiger partial charge on any atom is -0.464 e. The smallest absolute Gasteiger partial charge is 0.250 e. The van der Waals surface area contributed by atoms with Crippen molar-refractivity contribution in [1.29, 1.82) is 0 Å². The summed E-state index contributed by atoms with van der Waals surface area (Å²) in [5.74, 6) is 2.64. The number of hydrogen-bond donors (Lipinski definition) is 0. The number of para-hydroxylation sites is 1. The summed E-state index contributed by atoms with van der Waals surface area (Å²) in [4.78, 5) is 15.1. The molecule has 1 saturated heterocycles. The monoisotopic (exact) mass is 386 g/mol. The summed E-state index contributed by atoms with van der Waals surface area (Å²) >= 11 is 0. The number of rotatable bonds is 3. The molecule has 2 aliphatic rings. The van der Waals surface area contributed by atoms with E-state index in [4.69, 9.17) is 8.83 Å².